The quantitative estimate of drug-likeness (QED) is 0.880. The summed E-state index contributed by atoms with van der Waals surface area (Å²) in [7, 11) is 0. The third kappa shape index (κ3) is 3.86. The van der Waals surface area contributed by atoms with Gasteiger partial charge in [0.15, 0.2) is 0 Å². The van der Waals surface area contributed by atoms with Crippen molar-refractivity contribution in [2.75, 3.05) is 5.32 Å². The van der Waals surface area contributed by atoms with Crippen LogP contribution in [0.4, 0.5) is 10.5 Å². The Hall–Kier alpha value is -2.80. The number of hydrogen-bond acceptors (Lipinski definition) is 2. The van der Waals surface area contributed by atoms with E-state index < -0.39 is 0 Å². The molecule has 0 aliphatic rings. The van der Waals surface area contributed by atoms with Gasteiger partial charge in [0.05, 0.1) is 11.6 Å². The van der Waals surface area contributed by atoms with Crippen LogP contribution in [0.15, 0.2) is 54.6 Å². The molecule has 4 nitrogen and oxygen atoms in total. The molecule has 0 aromatic heterocycles. The number of carbonyl (C=O) groups is 1. The Balaban J connectivity index is 1.88. The zero-order valence-electron chi connectivity index (χ0n) is 10.3. The first-order valence-corrected chi connectivity index (χ1v) is 5.87. The van der Waals surface area contributed by atoms with Crippen molar-refractivity contribution in [2.24, 2.45) is 0 Å². The third-order valence-corrected chi connectivity index (χ3v) is 2.54. The molecule has 0 unspecified atom stereocenters. The molecular weight excluding hydrogens is 238 g/mol. The summed E-state index contributed by atoms with van der Waals surface area (Å²) < 4.78 is 0. The van der Waals surface area contributed by atoms with E-state index in [9.17, 15) is 4.79 Å². The van der Waals surface area contributed by atoms with Crippen molar-refractivity contribution in [2.45, 2.75) is 6.54 Å². The molecule has 2 rings (SSSR count). The number of anilines is 1. The van der Waals surface area contributed by atoms with Gasteiger partial charge in [-0.2, -0.15) is 5.26 Å². The molecule has 0 atom stereocenters. The first kappa shape index (κ1) is 12.7. The lowest BCUT2D eigenvalue weighted by Gasteiger charge is -2.07. The highest BCUT2D eigenvalue weighted by atomic mass is 16.2. The second-order valence-corrected chi connectivity index (χ2v) is 3.99. The summed E-state index contributed by atoms with van der Waals surface area (Å²) >= 11 is 0. The highest BCUT2D eigenvalue weighted by Crippen LogP contribution is 2.06. The van der Waals surface area contributed by atoms with Crippen molar-refractivity contribution < 1.29 is 4.79 Å². The van der Waals surface area contributed by atoms with Crippen LogP contribution in [0.3, 0.4) is 0 Å². The van der Waals surface area contributed by atoms with Gasteiger partial charge < -0.3 is 10.6 Å². The van der Waals surface area contributed by atoms with Gasteiger partial charge in [-0.25, -0.2) is 4.79 Å². The summed E-state index contributed by atoms with van der Waals surface area (Å²) in [5.41, 5.74) is 2.22. The average molecular weight is 251 g/mol. The van der Waals surface area contributed by atoms with Crippen LogP contribution in [0.5, 0.6) is 0 Å². The van der Waals surface area contributed by atoms with Crippen molar-refractivity contribution in [1.82, 2.24) is 5.32 Å². The van der Waals surface area contributed by atoms with Crippen molar-refractivity contribution in [1.29, 1.82) is 5.26 Å². The minimum absolute atomic E-state index is 0.270. The molecule has 2 amide bonds. The predicted molar refractivity (Wildman–Crippen MR) is 73.5 cm³/mol. The number of hydrogen-bond donors (Lipinski definition) is 2. The summed E-state index contributed by atoms with van der Waals surface area (Å²) in [4.78, 5) is 11.7. The van der Waals surface area contributed by atoms with Crippen LogP contribution in [0.2, 0.25) is 0 Å². The Morgan fingerprint density at radius 1 is 1.11 bits per heavy atom. The van der Waals surface area contributed by atoms with Gasteiger partial charge in [-0.15, -0.1) is 0 Å². The fourth-order valence-electron chi connectivity index (χ4n) is 1.63. The van der Waals surface area contributed by atoms with Crippen LogP contribution < -0.4 is 10.6 Å². The van der Waals surface area contributed by atoms with E-state index in [0.29, 0.717) is 12.1 Å². The minimum atomic E-state index is -0.270. The number of rotatable bonds is 3. The van der Waals surface area contributed by atoms with Gasteiger partial charge in [-0.3, -0.25) is 0 Å². The SMILES string of the molecule is N#Cc1cccc(CNC(=O)Nc2ccccc2)c1. The van der Waals surface area contributed by atoms with Gasteiger partial charge in [0.1, 0.15) is 0 Å². The molecule has 0 saturated carbocycles. The van der Waals surface area contributed by atoms with Crippen molar-refractivity contribution in [3.05, 3.63) is 65.7 Å². The number of urea groups is 1. The molecular formula is C15H13N3O. The van der Waals surface area contributed by atoms with Crippen LogP contribution in [0.1, 0.15) is 11.1 Å². The molecule has 0 radical (unpaired) electrons. The number of nitrogens with one attached hydrogen (secondary N) is 2. The maximum atomic E-state index is 11.7. The minimum Gasteiger partial charge on any atom is -0.334 e. The molecule has 2 aromatic rings. The Labute approximate surface area is 111 Å². The summed E-state index contributed by atoms with van der Waals surface area (Å²) in [6.07, 6.45) is 0. The Morgan fingerprint density at radius 2 is 1.89 bits per heavy atom. The van der Waals surface area contributed by atoms with Crippen LogP contribution in [0.25, 0.3) is 0 Å². The molecule has 0 aliphatic heterocycles. The van der Waals surface area contributed by atoms with E-state index in [4.69, 9.17) is 5.26 Å². The molecule has 0 fully saturated rings. The normalized spacial score (nSPS) is 9.42. The van der Waals surface area contributed by atoms with Crippen molar-refractivity contribution >= 4 is 11.7 Å². The molecule has 2 aromatic carbocycles. The lowest BCUT2D eigenvalue weighted by atomic mass is 10.1. The van der Waals surface area contributed by atoms with Crippen LogP contribution >= 0.6 is 0 Å². The van der Waals surface area contributed by atoms with E-state index in [1.807, 2.05) is 36.4 Å². The third-order valence-electron chi connectivity index (χ3n) is 2.54. The van der Waals surface area contributed by atoms with E-state index in [0.717, 1.165) is 11.3 Å². The van der Waals surface area contributed by atoms with Gasteiger partial charge in [0, 0.05) is 12.2 Å². The first-order chi connectivity index (χ1) is 9.28. The van der Waals surface area contributed by atoms with Gasteiger partial charge in [0.2, 0.25) is 0 Å². The van der Waals surface area contributed by atoms with E-state index in [2.05, 4.69) is 16.7 Å². The van der Waals surface area contributed by atoms with E-state index in [-0.39, 0.29) is 6.03 Å². The lowest BCUT2D eigenvalue weighted by Crippen LogP contribution is -2.28. The van der Waals surface area contributed by atoms with Crippen LogP contribution in [0, 0.1) is 11.3 Å². The summed E-state index contributed by atoms with van der Waals surface area (Å²) in [6.45, 7) is 0.383. The topological polar surface area (TPSA) is 64.9 Å². The fourth-order valence-corrected chi connectivity index (χ4v) is 1.63. The molecule has 4 heteroatoms. The molecule has 19 heavy (non-hydrogen) atoms. The standard InChI is InChI=1S/C15H13N3O/c16-10-12-5-4-6-13(9-12)11-17-15(19)18-14-7-2-1-3-8-14/h1-9H,11H2,(H2,17,18,19). The molecule has 0 saturated heterocycles. The average Bonchev–Trinajstić information content (AvgIpc) is 2.46. The highest BCUT2D eigenvalue weighted by Gasteiger charge is 2.01. The first-order valence-electron chi connectivity index (χ1n) is 5.87. The zero-order chi connectivity index (χ0) is 13.5. The van der Waals surface area contributed by atoms with E-state index in [1.54, 1.807) is 18.2 Å². The van der Waals surface area contributed by atoms with Gasteiger partial charge >= 0.3 is 6.03 Å². The Bertz CT molecular complexity index is 602. The predicted octanol–water partition coefficient (Wildman–Crippen LogP) is 2.88. The number of carbonyl (C=O) groups excluding carboxylic acids is 1. The molecule has 94 valence electrons. The van der Waals surface area contributed by atoms with Crippen LogP contribution in [-0.2, 0) is 6.54 Å². The summed E-state index contributed by atoms with van der Waals surface area (Å²) in [5, 5.41) is 14.2. The second kappa shape index (κ2) is 6.22. The molecule has 0 bridgehead atoms. The molecule has 2 N–H and O–H groups in total. The fraction of sp³-hybridized carbons (Fsp3) is 0.0667. The largest absolute Gasteiger partial charge is 0.334 e. The number of para-hydroxylation sites is 1. The zero-order valence-corrected chi connectivity index (χ0v) is 10.3. The van der Waals surface area contributed by atoms with Gasteiger partial charge in [0.25, 0.3) is 0 Å². The van der Waals surface area contributed by atoms with E-state index >= 15 is 0 Å². The number of benzene rings is 2. The molecule has 0 heterocycles. The summed E-state index contributed by atoms with van der Waals surface area (Å²) in [5.74, 6) is 0. The molecule has 0 aliphatic carbocycles. The van der Waals surface area contributed by atoms with Crippen molar-refractivity contribution in [3.8, 4) is 6.07 Å². The number of amides is 2. The van der Waals surface area contributed by atoms with Gasteiger partial charge in [-0.1, -0.05) is 30.3 Å². The maximum Gasteiger partial charge on any atom is 0.319 e. The lowest BCUT2D eigenvalue weighted by molar-refractivity contribution is 0.251. The van der Waals surface area contributed by atoms with Crippen molar-refractivity contribution in [3.63, 3.8) is 0 Å². The highest BCUT2D eigenvalue weighted by molar-refractivity contribution is 5.89. The second-order valence-electron chi connectivity index (χ2n) is 3.99. The van der Waals surface area contributed by atoms with E-state index in [1.165, 1.54) is 0 Å². The monoisotopic (exact) mass is 251 g/mol. The summed E-state index contributed by atoms with van der Waals surface area (Å²) in [6, 6.07) is 18.2. The Kier molecular flexibility index (Phi) is 4.14. The maximum absolute atomic E-state index is 11.7. The number of nitrogens with zero attached hydrogens (tertiary/aromatic N) is 1. The smallest absolute Gasteiger partial charge is 0.319 e. The Morgan fingerprint density at radius 3 is 2.63 bits per heavy atom. The number of nitriles is 1. The molecule has 0 spiro atoms. The van der Waals surface area contributed by atoms with Crippen LogP contribution in [-0.4, -0.2) is 6.03 Å². The van der Waals surface area contributed by atoms with Gasteiger partial charge in [-0.05, 0) is 29.8 Å².